The Labute approximate surface area is 197 Å². The van der Waals surface area contributed by atoms with E-state index < -0.39 is 0 Å². The third kappa shape index (κ3) is 4.08. The molecule has 1 saturated heterocycles. The van der Waals surface area contributed by atoms with Gasteiger partial charge in [0.1, 0.15) is 17.7 Å². The van der Waals surface area contributed by atoms with Crippen LogP contribution in [0.2, 0.25) is 5.02 Å². The van der Waals surface area contributed by atoms with Crippen LogP contribution in [0.5, 0.6) is 5.75 Å². The van der Waals surface area contributed by atoms with Crippen LogP contribution in [0.15, 0.2) is 84.9 Å². The van der Waals surface area contributed by atoms with Gasteiger partial charge < -0.3 is 4.74 Å². The van der Waals surface area contributed by atoms with Gasteiger partial charge in [-0.3, -0.25) is 9.69 Å². The lowest BCUT2D eigenvalue weighted by molar-refractivity contribution is -0.115. The van der Waals surface area contributed by atoms with Gasteiger partial charge in [-0.25, -0.2) is 0 Å². The molecule has 1 aliphatic rings. The predicted octanol–water partition coefficient (Wildman–Crippen LogP) is 7.16. The summed E-state index contributed by atoms with van der Waals surface area (Å²) in [4.78, 5) is 14.8. The number of carbonyl (C=O) groups is 1. The summed E-state index contributed by atoms with van der Waals surface area (Å²) in [5.41, 5.74) is 4.20. The number of carbonyl (C=O) groups excluding carboxylic acids is 1. The number of thioether (sulfide) groups is 1. The maximum Gasteiger partial charge on any atom is 0.238 e. The van der Waals surface area contributed by atoms with Crippen LogP contribution in [0.25, 0.3) is 10.8 Å². The fourth-order valence-corrected chi connectivity index (χ4v) is 5.38. The molecule has 4 aromatic carbocycles. The van der Waals surface area contributed by atoms with E-state index in [0.717, 1.165) is 33.3 Å². The first-order valence-electron chi connectivity index (χ1n) is 10.5. The molecule has 0 spiro atoms. The number of anilines is 1. The lowest BCUT2D eigenvalue weighted by Gasteiger charge is -2.27. The second-order valence-corrected chi connectivity index (χ2v) is 9.38. The first kappa shape index (κ1) is 20.9. The molecule has 0 bridgehead atoms. The molecule has 0 saturated carbocycles. The highest BCUT2D eigenvalue weighted by Crippen LogP contribution is 2.47. The summed E-state index contributed by atoms with van der Waals surface area (Å²) < 4.78 is 6.35. The molecule has 0 aromatic heterocycles. The minimum atomic E-state index is -0.178. The molecule has 32 heavy (non-hydrogen) atoms. The van der Waals surface area contributed by atoms with Gasteiger partial charge in [-0.05, 0) is 53.6 Å². The van der Waals surface area contributed by atoms with E-state index >= 15 is 0 Å². The zero-order valence-electron chi connectivity index (χ0n) is 17.6. The summed E-state index contributed by atoms with van der Waals surface area (Å²) in [5, 5.41) is 2.70. The van der Waals surface area contributed by atoms with Gasteiger partial charge in [0, 0.05) is 16.3 Å². The van der Waals surface area contributed by atoms with Gasteiger partial charge in [-0.2, -0.15) is 0 Å². The summed E-state index contributed by atoms with van der Waals surface area (Å²) in [6.45, 7) is 2.55. The van der Waals surface area contributed by atoms with Gasteiger partial charge in [-0.1, -0.05) is 71.8 Å². The first-order valence-corrected chi connectivity index (χ1v) is 11.9. The standard InChI is InChI=1S/C27H22ClNO2S/c1-18-6-8-19(9-7-18)16-31-24-15-10-20-4-2-3-5-23(20)26(24)27-29(25(30)17-32-27)22-13-11-21(28)12-14-22/h2-15,27H,16-17H2,1H3/t27-/m1/s1. The third-order valence-corrected chi connectivity index (χ3v) is 7.09. The average molecular weight is 460 g/mol. The molecule has 4 aromatic rings. The van der Waals surface area contributed by atoms with Crippen molar-refractivity contribution in [3.63, 3.8) is 0 Å². The number of benzene rings is 4. The van der Waals surface area contributed by atoms with Gasteiger partial charge in [0.15, 0.2) is 0 Å². The molecule has 1 aliphatic heterocycles. The van der Waals surface area contributed by atoms with Crippen molar-refractivity contribution in [3.05, 3.63) is 107 Å². The number of aryl methyl sites for hydroxylation is 1. The normalized spacial score (nSPS) is 16.0. The molecule has 0 aliphatic carbocycles. The number of hydrogen-bond acceptors (Lipinski definition) is 3. The van der Waals surface area contributed by atoms with E-state index in [9.17, 15) is 4.79 Å². The van der Waals surface area contributed by atoms with Crippen molar-refractivity contribution in [2.24, 2.45) is 0 Å². The van der Waals surface area contributed by atoms with Crippen LogP contribution in [-0.2, 0) is 11.4 Å². The lowest BCUT2D eigenvalue weighted by Crippen LogP contribution is -2.28. The maximum atomic E-state index is 12.9. The Morgan fingerprint density at radius 2 is 1.72 bits per heavy atom. The van der Waals surface area contributed by atoms with Crippen LogP contribution in [0.4, 0.5) is 5.69 Å². The van der Waals surface area contributed by atoms with Crippen molar-refractivity contribution in [2.45, 2.75) is 18.9 Å². The molecule has 0 unspecified atom stereocenters. The van der Waals surface area contributed by atoms with Crippen molar-refractivity contribution in [1.82, 2.24) is 0 Å². The van der Waals surface area contributed by atoms with E-state index in [1.807, 2.05) is 47.4 Å². The minimum absolute atomic E-state index is 0.0831. The summed E-state index contributed by atoms with van der Waals surface area (Å²) in [7, 11) is 0. The number of rotatable bonds is 5. The van der Waals surface area contributed by atoms with Crippen LogP contribution in [-0.4, -0.2) is 11.7 Å². The molecule has 160 valence electrons. The quantitative estimate of drug-likeness (QED) is 0.317. The van der Waals surface area contributed by atoms with Crippen molar-refractivity contribution >= 4 is 45.7 Å². The lowest BCUT2D eigenvalue weighted by atomic mass is 10.0. The first-order chi connectivity index (χ1) is 15.6. The number of nitrogens with zero attached hydrogens (tertiary/aromatic N) is 1. The van der Waals surface area contributed by atoms with Crippen LogP contribution < -0.4 is 9.64 Å². The number of amides is 1. The number of fused-ring (bicyclic) bond motifs is 1. The van der Waals surface area contributed by atoms with Crippen molar-refractivity contribution in [3.8, 4) is 5.75 Å². The Kier molecular flexibility index (Phi) is 5.81. The van der Waals surface area contributed by atoms with Gasteiger partial charge in [0.25, 0.3) is 0 Å². The third-order valence-electron chi connectivity index (χ3n) is 5.67. The number of ether oxygens (including phenoxy) is 1. The maximum absolute atomic E-state index is 12.9. The van der Waals surface area contributed by atoms with Gasteiger partial charge in [-0.15, -0.1) is 11.8 Å². The Bertz CT molecular complexity index is 1270. The Hall–Kier alpha value is -2.95. The highest BCUT2D eigenvalue weighted by molar-refractivity contribution is 8.00. The van der Waals surface area contributed by atoms with Crippen LogP contribution in [0.3, 0.4) is 0 Å². The summed E-state index contributed by atoms with van der Waals surface area (Å²) >= 11 is 7.72. The Morgan fingerprint density at radius 1 is 0.969 bits per heavy atom. The zero-order chi connectivity index (χ0) is 22.1. The van der Waals surface area contributed by atoms with E-state index in [2.05, 4.69) is 49.4 Å². The molecule has 0 N–H and O–H groups in total. The molecule has 5 rings (SSSR count). The SMILES string of the molecule is Cc1ccc(COc2ccc3ccccc3c2[C@H]2SCC(=O)N2c2ccc(Cl)cc2)cc1. The number of halogens is 1. The molecule has 1 amide bonds. The Morgan fingerprint density at radius 3 is 2.50 bits per heavy atom. The highest BCUT2D eigenvalue weighted by Gasteiger charge is 2.36. The fraction of sp³-hybridized carbons (Fsp3) is 0.148. The Balaban J connectivity index is 1.57. The van der Waals surface area contributed by atoms with Gasteiger partial charge in [0.05, 0.1) is 5.75 Å². The monoisotopic (exact) mass is 459 g/mol. The second-order valence-electron chi connectivity index (χ2n) is 7.88. The largest absolute Gasteiger partial charge is 0.488 e. The molecule has 0 radical (unpaired) electrons. The summed E-state index contributed by atoms with van der Waals surface area (Å²) in [6.07, 6.45) is 0. The molecule has 1 atom stereocenters. The molecular weight excluding hydrogens is 438 g/mol. The van der Waals surface area contributed by atoms with E-state index in [-0.39, 0.29) is 11.3 Å². The summed E-state index contributed by atoms with van der Waals surface area (Å²) in [5.74, 6) is 1.31. The second kappa shape index (κ2) is 8.89. The van der Waals surface area contributed by atoms with Gasteiger partial charge in [0.2, 0.25) is 5.91 Å². The van der Waals surface area contributed by atoms with Crippen LogP contribution in [0.1, 0.15) is 22.1 Å². The van der Waals surface area contributed by atoms with Crippen molar-refractivity contribution in [2.75, 3.05) is 10.7 Å². The molecule has 1 fully saturated rings. The highest BCUT2D eigenvalue weighted by atomic mass is 35.5. The van der Waals surface area contributed by atoms with E-state index in [4.69, 9.17) is 16.3 Å². The van der Waals surface area contributed by atoms with Crippen molar-refractivity contribution in [1.29, 1.82) is 0 Å². The van der Waals surface area contributed by atoms with E-state index in [1.54, 1.807) is 11.8 Å². The van der Waals surface area contributed by atoms with Crippen LogP contribution >= 0.6 is 23.4 Å². The van der Waals surface area contributed by atoms with Gasteiger partial charge >= 0.3 is 0 Å². The predicted molar refractivity (Wildman–Crippen MR) is 134 cm³/mol. The van der Waals surface area contributed by atoms with E-state index in [0.29, 0.717) is 17.4 Å². The zero-order valence-corrected chi connectivity index (χ0v) is 19.2. The van der Waals surface area contributed by atoms with Crippen LogP contribution in [0, 0.1) is 6.92 Å². The average Bonchev–Trinajstić information content (AvgIpc) is 3.19. The van der Waals surface area contributed by atoms with Crippen molar-refractivity contribution < 1.29 is 9.53 Å². The molecule has 1 heterocycles. The summed E-state index contributed by atoms with van der Waals surface area (Å²) in [6, 6.07) is 28.2. The molecule has 5 heteroatoms. The minimum Gasteiger partial charge on any atom is -0.488 e. The molecular formula is C27H22ClNO2S. The number of hydrogen-bond donors (Lipinski definition) is 0. The molecule has 3 nitrogen and oxygen atoms in total. The smallest absolute Gasteiger partial charge is 0.238 e. The fourth-order valence-electron chi connectivity index (χ4n) is 4.02. The van der Waals surface area contributed by atoms with E-state index in [1.165, 1.54) is 5.56 Å². The topological polar surface area (TPSA) is 29.5 Å².